The first-order valence-electron chi connectivity index (χ1n) is 15.0. The summed E-state index contributed by atoms with van der Waals surface area (Å²) < 4.78 is 29.6. The summed E-state index contributed by atoms with van der Waals surface area (Å²) in [6, 6.07) is 0.509. The van der Waals surface area contributed by atoms with Gasteiger partial charge in [-0.25, -0.2) is 4.39 Å². The van der Waals surface area contributed by atoms with Crippen LogP contribution >= 0.6 is 0 Å². The van der Waals surface area contributed by atoms with Crippen LogP contribution in [0.5, 0.6) is 0 Å². The molecule has 3 aliphatic heterocycles. The minimum Gasteiger partial charge on any atom is -0.465 e. The number of nitrogens with one attached hydrogen (secondary N) is 2. The largest absolute Gasteiger partial charge is 0.465 e. The Morgan fingerprint density at radius 3 is 2.33 bits per heavy atom. The van der Waals surface area contributed by atoms with E-state index in [0.29, 0.717) is 30.4 Å². The number of hydrogen-bond acceptors (Lipinski definition) is 10. The standard InChI is InChI=1S/C13H21FN2O2.C11H18N4O.C6H10O2/c1-9-11(13(2,3)14)15-12(18-9)16-7-5-6-10(8-16)17-4;1-14-4-6-15(7-5-14)11-3-2-10(8-12-11)13-9-16;7-5-8-6-3-1-2-4-6/h10H,5-8H2,1-4H3;2-3,8-9,11-12H,4-7H2,1H3,(H,13,16);5-6H,1-4H2. The maximum Gasteiger partial charge on any atom is 0.297 e. The highest BCUT2D eigenvalue weighted by atomic mass is 19.1. The van der Waals surface area contributed by atoms with Crippen LogP contribution < -0.4 is 15.5 Å². The average Bonchev–Trinajstić information content (AvgIpc) is 3.65. The lowest BCUT2D eigenvalue weighted by molar-refractivity contribution is -0.133. The number of nitrogens with zero attached hydrogens (tertiary/aromatic N) is 4. The van der Waals surface area contributed by atoms with Crippen LogP contribution in [0.2, 0.25) is 0 Å². The first-order chi connectivity index (χ1) is 20.1. The molecular formula is C30H49FN6O5. The number of anilines is 1. The lowest BCUT2D eigenvalue weighted by Crippen LogP contribution is -2.52. The Morgan fingerprint density at radius 2 is 1.79 bits per heavy atom. The number of dihydropyridines is 1. The summed E-state index contributed by atoms with van der Waals surface area (Å²) in [5.74, 6) is 0.553. The molecule has 2 atom stereocenters. The Labute approximate surface area is 249 Å². The molecule has 2 N–H and O–H groups in total. The highest BCUT2D eigenvalue weighted by molar-refractivity contribution is 5.52. The van der Waals surface area contributed by atoms with Crippen LogP contribution in [0.3, 0.4) is 0 Å². The monoisotopic (exact) mass is 592 g/mol. The number of oxazole rings is 1. The summed E-state index contributed by atoms with van der Waals surface area (Å²) in [5, 5.41) is 5.90. The molecule has 0 spiro atoms. The third-order valence-corrected chi connectivity index (χ3v) is 7.91. The van der Waals surface area contributed by atoms with Gasteiger partial charge in [0.25, 0.3) is 12.5 Å². The molecule has 3 fully saturated rings. The number of piperidine rings is 1. The fourth-order valence-corrected chi connectivity index (χ4v) is 5.44. The molecule has 2 unspecified atom stereocenters. The summed E-state index contributed by atoms with van der Waals surface area (Å²) in [6.07, 6.45) is 13.9. The van der Waals surface area contributed by atoms with Crippen LogP contribution in [0.25, 0.3) is 0 Å². The molecule has 4 heterocycles. The van der Waals surface area contributed by atoms with Crippen LogP contribution in [0, 0.1) is 6.92 Å². The van der Waals surface area contributed by atoms with E-state index in [9.17, 15) is 14.0 Å². The predicted octanol–water partition coefficient (Wildman–Crippen LogP) is 3.21. The molecule has 1 amide bonds. The number of ether oxygens (including phenoxy) is 2. The summed E-state index contributed by atoms with van der Waals surface area (Å²) >= 11 is 0. The van der Waals surface area contributed by atoms with E-state index in [1.165, 1.54) is 26.7 Å². The van der Waals surface area contributed by atoms with E-state index in [0.717, 1.165) is 70.6 Å². The van der Waals surface area contributed by atoms with Crippen molar-refractivity contribution >= 4 is 18.9 Å². The van der Waals surface area contributed by atoms with Crippen molar-refractivity contribution in [3.05, 3.63) is 35.5 Å². The number of rotatable bonds is 8. The molecule has 1 saturated carbocycles. The first-order valence-corrected chi connectivity index (χ1v) is 15.0. The minimum atomic E-state index is -1.47. The lowest BCUT2D eigenvalue weighted by Gasteiger charge is -2.37. The van der Waals surface area contributed by atoms with Crippen molar-refractivity contribution in [3.8, 4) is 0 Å². The van der Waals surface area contributed by atoms with Gasteiger partial charge in [-0.05, 0) is 78.5 Å². The number of hydrogen-bond donors (Lipinski definition) is 2. The molecule has 11 nitrogen and oxygen atoms in total. The van der Waals surface area contributed by atoms with Gasteiger partial charge in [-0.2, -0.15) is 4.98 Å². The van der Waals surface area contributed by atoms with E-state index in [4.69, 9.17) is 13.9 Å². The van der Waals surface area contributed by atoms with E-state index >= 15 is 0 Å². The van der Waals surface area contributed by atoms with Crippen molar-refractivity contribution in [1.29, 1.82) is 0 Å². The molecule has 1 aliphatic carbocycles. The number of amides is 1. The van der Waals surface area contributed by atoms with Gasteiger partial charge in [-0.1, -0.05) is 0 Å². The topological polar surface area (TPSA) is 112 Å². The highest BCUT2D eigenvalue weighted by Crippen LogP contribution is 2.31. The highest BCUT2D eigenvalue weighted by Gasteiger charge is 2.30. The SMILES string of the molecule is CN1CCN(C2C=CC(NC=O)=CN2)CC1.COC1CCCN(c2nc(C(C)(C)F)c(C)o2)C1.O=COC1CCCC1. The van der Waals surface area contributed by atoms with Crippen molar-refractivity contribution in [2.75, 3.05) is 58.3 Å². The van der Waals surface area contributed by atoms with Gasteiger partial charge in [0, 0.05) is 52.6 Å². The van der Waals surface area contributed by atoms with E-state index in [1.807, 2.05) is 17.2 Å². The number of likely N-dealkylation sites (N-methyl/N-ethyl adjacent to an activating group) is 1. The number of halogens is 1. The zero-order chi connectivity index (χ0) is 30.5. The van der Waals surface area contributed by atoms with Crippen molar-refractivity contribution in [1.82, 2.24) is 25.4 Å². The molecule has 12 heteroatoms. The van der Waals surface area contributed by atoms with Gasteiger partial charge in [-0.3, -0.25) is 14.5 Å². The predicted molar refractivity (Wildman–Crippen MR) is 159 cm³/mol. The second-order valence-electron chi connectivity index (χ2n) is 11.6. The van der Waals surface area contributed by atoms with Crippen LogP contribution in [0.4, 0.5) is 10.4 Å². The molecule has 0 bridgehead atoms. The summed E-state index contributed by atoms with van der Waals surface area (Å²) in [6.45, 7) is 11.3. The van der Waals surface area contributed by atoms with E-state index in [-0.39, 0.29) is 18.4 Å². The molecule has 4 aliphatic rings. The number of methoxy groups -OCH3 is 1. The molecule has 1 aromatic rings. The second-order valence-corrected chi connectivity index (χ2v) is 11.6. The molecule has 42 heavy (non-hydrogen) atoms. The third-order valence-electron chi connectivity index (χ3n) is 7.91. The van der Waals surface area contributed by atoms with Crippen molar-refractivity contribution in [3.63, 3.8) is 0 Å². The van der Waals surface area contributed by atoms with Gasteiger partial charge in [0.05, 0.1) is 18.0 Å². The quantitative estimate of drug-likeness (QED) is 0.437. The van der Waals surface area contributed by atoms with Crippen molar-refractivity contribution < 1.29 is 27.9 Å². The van der Waals surface area contributed by atoms with Crippen molar-refractivity contribution in [2.24, 2.45) is 0 Å². The van der Waals surface area contributed by atoms with Gasteiger partial charge in [-0.15, -0.1) is 0 Å². The smallest absolute Gasteiger partial charge is 0.297 e. The van der Waals surface area contributed by atoms with Gasteiger partial charge in [0.2, 0.25) is 6.41 Å². The molecule has 1 aromatic heterocycles. The molecule has 5 rings (SSSR count). The van der Waals surface area contributed by atoms with Crippen molar-refractivity contribution in [2.45, 2.75) is 83.3 Å². The fraction of sp³-hybridized carbons (Fsp3) is 0.700. The number of carbonyl (C=O) groups excluding carboxylic acids is 2. The number of alkyl halides is 1. The third kappa shape index (κ3) is 10.4. The molecule has 0 aromatic carbocycles. The number of piperazine rings is 1. The number of carbonyl (C=O) groups is 2. The van der Waals surface area contributed by atoms with Gasteiger partial charge < -0.3 is 34.3 Å². The Bertz CT molecular complexity index is 1030. The number of allylic oxidation sites excluding steroid dienone is 1. The lowest BCUT2D eigenvalue weighted by atomic mass is 10.1. The van der Waals surface area contributed by atoms with Crippen LogP contribution in [-0.4, -0.2) is 99.5 Å². The average molecular weight is 593 g/mol. The Hall–Kier alpha value is -2.96. The summed E-state index contributed by atoms with van der Waals surface area (Å²) in [5.41, 5.74) is -0.278. The zero-order valence-corrected chi connectivity index (χ0v) is 25.8. The van der Waals surface area contributed by atoms with E-state index in [1.54, 1.807) is 14.0 Å². The van der Waals surface area contributed by atoms with Crippen LogP contribution in [0.15, 0.2) is 28.5 Å². The summed E-state index contributed by atoms with van der Waals surface area (Å²) in [7, 11) is 3.86. The molecule has 2 saturated heterocycles. The fourth-order valence-electron chi connectivity index (χ4n) is 5.44. The van der Waals surface area contributed by atoms with Crippen LogP contribution in [0.1, 0.15) is 63.8 Å². The minimum absolute atomic E-state index is 0.202. The Morgan fingerprint density at radius 1 is 1.10 bits per heavy atom. The van der Waals surface area contributed by atoms with Gasteiger partial charge in [0.1, 0.15) is 17.6 Å². The van der Waals surface area contributed by atoms with Crippen LogP contribution in [-0.2, 0) is 24.7 Å². The first kappa shape index (κ1) is 33.5. The Balaban J connectivity index is 0.000000185. The Kier molecular flexibility index (Phi) is 13.3. The van der Waals surface area contributed by atoms with Gasteiger partial charge >= 0.3 is 0 Å². The second kappa shape index (κ2) is 16.6. The maximum absolute atomic E-state index is 13.9. The maximum atomic E-state index is 13.9. The van der Waals surface area contributed by atoms with E-state index < -0.39 is 5.67 Å². The number of aryl methyl sites for hydroxylation is 1. The zero-order valence-electron chi connectivity index (χ0n) is 25.8. The normalized spacial score (nSPS) is 23.5. The van der Waals surface area contributed by atoms with Gasteiger partial charge in [0.15, 0.2) is 5.67 Å². The van der Waals surface area contributed by atoms with E-state index in [2.05, 4.69) is 38.5 Å². The summed E-state index contributed by atoms with van der Waals surface area (Å²) in [4.78, 5) is 31.1. The molecule has 0 radical (unpaired) electrons. The number of aromatic nitrogens is 1. The molecule has 236 valence electrons. The molecular weight excluding hydrogens is 543 g/mol.